The van der Waals surface area contributed by atoms with E-state index < -0.39 is 5.91 Å². The summed E-state index contributed by atoms with van der Waals surface area (Å²) in [6.45, 7) is 3.48. The van der Waals surface area contributed by atoms with Crippen LogP contribution in [0.1, 0.15) is 21.7 Å². The first-order valence-electron chi connectivity index (χ1n) is 6.14. The number of phenols is 2. The number of aryl methyl sites for hydroxylation is 2. The number of rotatable bonds is 2. The molecule has 0 aliphatic rings. The van der Waals surface area contributed by atoms with Crippen molar-refractivity contribution in [3.8, 4) is 17.6 Å². The molecule has 0 amide bonds. The third-order valence-corrected chi connectivity index (χ3v) is 2.86. The molecule has 0 aliphatic carbocycles. The van der Waals surface area contributed by atoms with Crippen LogP contribution >= 0.6 is 0 Å². The summed E-state index contributed by atoms with van der Waals surface area (Å²) in [5.41, 5.74) is 1.62. The van der Waals surface area contributed by atoms with Gasteiger partial charge in [-0.15, -0.1) is 0 Å². The fraction of sp³-hybridized carbons (Fsp3) is 0.133. The second kappa shape index (κ2) is 5.51. The minimum absolute atomic E-state index is 0.119. The number of aromatic hydroxyl groups is 2. The van der Waals surface area contributed by atoms with E-state index in [1.54, 1.807) is 19.9 Å². The van der Waals surface area contributed by atoms with E-state index in [1.807, 2.05) is 6.07 Å². The maximum atomic E-state index is 12.3. The normalized spacial score (nSPS) is 11.2. The van der Waals surface area contributed by atoms with E-state index in [2.05, 4.69) is 5.10 Å². The van der Waals surface area contributed by atoms with E-state index >= 15 is 0 Å². The molecule has 1 aromatic heterocycles. The Bertz CT molecular complexity index is 782. The predicted molar refractivity (Wildman–Crippen MR) is 75.7 cm³/mol. The smallest absolute Gasteiger partial charge is 0.289 e. The number of carbonyl (C=O) groups excluding carboxylic acids is 1. The van der Waals surface area contributed by atoms with Crippen LogP contribution in [0, 0.1) is 25.2 Å². The van der Waals surface area contributed by atoms with Crippen LogP contribution in [0.25, 0.3) is 6.08 Å². The van der Waals surface area contributed by atoms with Crippen LogP contribution in [0.4, 0.5) is 0 Å². The van der Waals surface area contributed by atoms with Crippen molar-refractivity contribution in [1.82, 2.24) is 9.78 Å². The average Bonchev–Trinajstić information content (AvgIpc) is 2.78. The van der Waals surface area contributed by atoms with Crippen LogP contribution in [0.3, 0.4) is 0 Å². The van der Waals surface area contributed by atoms with Gasteiger partial charge in [0.05, 0.1) is 5.69 Å². The number of carbonyl (C=O) groups is 1. The van der Waals surface area contributed by atoms with E-state index in [0.29, 0.717) is 17.0 Å². The van der Waals surface area contributed by atoms with Gasteiger partial charge in [0, 0.05) is 5.69 Å². The first kappa shape index (κ1) is 14.3. The first-order chi connectivity index (χ1) is 9.92. The van der Waals surface area contributed by atoms with Gasteiger partial charge in [0.1, 0.15) is 11.6 Å². The molecule has 21 heavy (non-hydrogen) atoms. The highest BCUT2D eigenvalue weighted by Gasteiger charge is 2.15. The van der Waals surface area contributed by atoms with Crippen LogP contribution < -0.4 is 0 Å². The van der Waals surface area contributed by atoms with Crippen molar-refractivity contribution in [3.63, 3.8) is 0 Å². The lowest BCUT2D eigenvalue weighted by Gasteiger charge is -2.03. The summed E-state index contributed by atoms with van der Waals surface area (Å²) in [6, 6.07) is 7.60. The average molecular weight is 283 g/mol. The molecule has 0 bridgehead atoms. The third-order valence-electron chi connectivity index (χ3n) is 2.86. The number of nitrogens with zero attached hydrogens (tertiary/aromatic N) is 3. The van der Waals surface area contributed by atoms with Crippen molar-refractivity contribution >= 4 is 12.0 Å². The molecule has 0 atom stereocenters. The van der Waals surface area contributed by atoms with Crippen molar-refractivity contribution in [2.75, 3.05) is 0 Å². The van der Waals surface area contributed by atoms with Crippen LogP contribution in [0.15, 0.2) is 29.8 Å². The molecule has 1 aromatic carbocycles. The molecule has 2 rings (SSSR count). The number of phenolic OH excluding ortho intramolecular Hbond substituents is 2. The minimum atomic E-state index is -0.546. The molecule has 0 radical (unpaired) electrons. The lowest BCUT2D eigenvalue weighted by atomic mass is 10.1. The summed E-state index contributed by atoms with van der Waals surface area (Å²) in [6.07, 6.45) is 1.33. The highest BCUT2D eigenvalue weighted by atomic mass is 16.3. The van der Waals surface area contributed by atoms with E-state index in [0.717, 1.165) is 4.68 Å². The zero-order valence-electron chi connectivity index (χ0n) is 11.5. The lowest BCUT2D eigenvalue weighted by Crippen LogP contribution is -2.15. The van der Waals surface area contributed by atoms with Crippen molar-refractivity contribution in [2.24, 2.45) is 0 Å². The molecule has 1 heterocycles. The summed E-state index contributed by atoms with van der Waals surface area (Å²) in [5.74, 6) is -1.13. The number of aromatic nitrogens is 2. The summed E-state index contributed by atoms with van der Waals surface area (Å²) < 4.78 is 1.16. The molecular weight excluding hydrogens is 270 g/mol. The summed E-state index contributed by atoms with van der Waals surface area (Å²) in [4.78, 5) is 12.3. The quantitative estimate of drug-likeness (QED) is 0.500. The van der Waals surface area contributed by atoms with Crippen LogP contribution in [-0.4, -0.2) is 25.9 Å². The van der Waals surface area contributed by atoms with Gasteiger partial charge in [-0.3, -0.25) is 4.79 Å². The maximum absolute atomic E-state index is 12.3. The van der Waals surface area contributed by atoms with E-state index in [-0.39, 0.29) is 17.1 Å². The number of hydrogen-bond donors (Lipinski definition) is 2. The van der Waals surface area contributed by atoms with Crippen molar-refractivity contribution < 1.29 is 15.0 Å². The molecule has 0 saturated carbocycles. The highest BCUT2D eigenvalue weighted by Crippen LogP contribution is 2.26. The second-order valence-electron chi connectivity index (χ2n) is 4.56. The standard InChI is InChI=1S/C15H13N3O3/c1-9-5-10(2)18(17-9)15(21)12(8-16)6-11-3-4-13(19)14(20)7-11/h3-7,19-20H,1-2H3/b12-6+. The van der Waals surface area contributed by atoms with Gasteiger partial charge in [-0.05, 0) is 43.7 Å². The fourth-order valence-electron chi connectivity index (χ4n) is 1.89. The zero-order chi connectivity index (χ0) is 15.6. The molecule has 0 aliphatic heterocycles. The van der Waals surface area contributed by atoms with Crippen molar-refractivity contribution in [1.29, 1.82) is 5.26 Å². The number of benzene rings is 1. The summed E-state index contributed by atoms with van der Waals surface area (Å²) in [5, 5.41) is 31.9. The Labute approximate surface area is 121 Å². The molecule has 2 aromatic rings. The number of hydrogen-bond acceptors (Lipinski definition) is 5. The Morgan fingerprint density at radius 1 is 1.29 bits per heavy atom. The molecule has 0 unspecified atom stereocenters. The van der Waals surface area contributed by atoms with Crippen LogP contribution in [0.5, 0.6) is 11.5 Å². The van der Waals surface area contributed by atoms with Crippen molar-refractivity contribution in [3.05, 3.63) is 46.8 Å². The number of allylic oxidation sites excluding steroid dienone is 1. The van der Waals surface area contributed by atoms with Crippen LogP contribution in [0.2, 0.25) is 0 Å². The van der Waals surface area contributed by atoms with Gasteiger partial charge >= 0.3 is 0 Å². The Kier molecular flexibility index (Phi) is 3.76. The highest BCUT2D eigenvalue weighted by molar-refractivity contribution is 6.03. The molecule has 2 N–H and O–H groups in total. The zero-order valence-corrected chi connectivity index (χ0v) is 11.5. The van der Waals surface area contributed by atoms with Gasteiger partial charge in [0.15, 0.2) is 11.5 Å². The molecule has 0 spiro atoms. The predicted octanol–water partition coefficient (Wildman–Crippen LogP) is 2.16. The van der Waals surface area contributed by atoms with Gasteiger partial charge in [-0.1, -0.05) is 6.07 Å². The minimum Gasteiger partial charge on any atom is -0.504 e. The van der Waals surface area contributed by atoms with Gasteiger partial charge in [0.2, 0.25) is 0 Å². The summed E-state index contributed by atoms with van der Waals surface area (Å²) in [7, 11) is 0. The topological polar surface area (TPSA) is 99.1 Å². The molecule has 106 valence electrons. The molecule has 6 nitrogen and oxygen atoms in total. The molecular formula is C15H13N3O3. The van der Waals surface area contributed by atoms with Gasteiger partial charge < -0.3 is 10.2 Å². The SMILES string of the molecule is Cc1cc(C)n(C(=O)/C(C#N)=C/c2ccc(O)c(O)c2)n1. The molecule has 6 heteroatoms. The summed E-state index contributed by atoms with van der Waals surface area (Å²) >= 11 is 0. The number of nitriles is 1. The maximum Gasteiger partial charge on any atom is 0.289 e. The fourth-order valence-corrected chi connectivity index (χ4v) is 1.89. The van der Waals surface area contributed by atoms with Gasteiger partial charge in [-0.2, -0.15) is 10.4 Å². The molecule has 0 fully saturated rings. The Balaban J connectivity index is 2.41. The Morgan fingerprint density at radius 2 is 2.00 bits per heavy atom. The Hall–Kier alpha value is -3.07. The first-order valence-corrected chi connectivity index (χ1v) is 6.14. The van der Waals surface area contributed by atoms with Crippen molar-refractivity contribution in [2.45, 2.75) is 13.8 Å². The monoisotopic (exact) mass is 283 g/mol. The lowest BCUT2D eigenvalue weighted by molar-refractivity contribution is 0.0943. The van der Waals surface area contributed by atoms with E-state index in [4.69, 9.17) is 5.26 Å². The molecule has 0 saturated heterocycles. The van der Waals surface area contributed by atoms with E-state index in [9.17, 15) is 15.0 Å². The second-order valence-corrected chi connectivity index (χ2v) is 4.56. The largest absolute Gasteiger partial charge is 0.504 e. The third kappa shape index (κ3) is 2.92. The van der Waals surface area contributed by atoms with Gasteiger partial charge in [-0.25, -0.2) is 4.68 Å². The van der Waals surface area contributed by atoms with E-state index in [1.165, 1.54) is 24.3 Å². The Morgan fingerprint density at radius 3 is 2.52 bits per heavy atom. The van der Waals surface area contributed by atoms with Gasteiger partial charge in [0.25, 0.3) is 5.91 Å². The van der Waals surface area contributed by atoms with Crippen LogP contribution in [-0.2, 0) is 0 Å².